The molecule has 1 amide bonds. The molecule has 3 aromatic rings. The molecule has 0 radical (unpaired) electrons. The fraction of sp³-hybridized carbons (Fsp3) is 0.357. The Balaban J connectivity index is 1.36. The van der Waals surface area contributed by atoms with Gasteiger partial charge in [-0.3, -0.25) is 4.79 Å². The third-order valence-electron chi connectivity index (χ3n) is 6.70. The minimum atomic E-state index is -0.302. The van der Waals surface area contributed by atoms with E-state index in [0.29, 0.717) is 35.5 Å². The Morgan fingerprint density at radius 1 is 1.12 bits per heavy atom. The van der Waals surface area contributed by atoms with Crippen molar-refractivity contribution >= 4 is 22.9 Å². The van der Waals surface area contributed by atoms with E-state index in [1.165, 1.54) is 12.1 Å². The molecule has 2 aromatic carbocycles. The zero-order chi connectivity index (χ0) is 22.8. The number of amides is 1. The van der Waals surface area contributed by atoms with Crippen LogP contribution in [0.5, 0.6) is 5.75 Å². The number of benzene rings is 2. The van der Waals surface area contributed by atoms with E-state index in [9.17, 15) is 9.18 Å². The lowest BCUT2D eigenvalue weighted by molar-refractivity contribution is -0.133. The van der Waals surface area contributed by atoms with Crippen molar-refractivity contribution in [1.82, 2.24) is 9.88 Å². The van der Waals surface area contributed by atoms with Crippen LogP contribution >= 0.6 is 0 Å². The average Bonchev–Trinajstić information content (AvgIpc) is 3.69. The number of piperidine rings is 1. The predicted molar refractivity (Wildman–Crippen MR) is 128 cm³/mol. The summed E-state index contributed by atoms with van der Waals surface area (Å²) >= 11 is 0. The van der Waals surface area contributed by atoms with Gasteiger partial charge in [0.25, 0.3) is 0 Å². The Morgan fingerprint density at radius 2 is 1.88 bits per heavy atom. The summed E-state index contributed by atoms with van der Waals surface area (Å²) < 4.78 is 20.2. The van der Waals surface area contributed by atoms with Gasteiger partial charge in [-0.15, -0.1) is 0 Å². The topological polar surface area (TPSA) is 42.4 Å². The van der Waals surface area contributed by atoms with Gasteiger partial charge in [0.2, 0.25) is 5.91 Å². The molecular weight excluding hydrogens is 415 g/mol. The van der Waals surface area contributed by atoms with Crippen molar-refractivity contribution < 1.29 is 13.9 Å². The lowest BCUT2D eigenvalue weighted by atomic mass is 9.95. The first kappa shape index (κ1) is 21.6. The van der Waals surface area contributed by atoms with Crippen LogP contribution in [0.4, 0.5) is 4.39 Å². The molecule has 2 heterocycles. The summed E-state index contributed by atoms with van der Waals surface area (Å²) in [7, 11) is 0. The highest BCUT2D eigenvalue weighted by Crippen LogP contribution is 2.34. The number of hydrogen-bond acceptors (Lipinski definition) is 3. The number of allylic oxidation sites excluding steroid dienone is 1. The number of hydrogen-bond donors (Lipinski definition) is 0. The van der Waals surface area contributed by atoms with Crippen molar-refractivity contribution in [3.05, 3.63) is 77.2 Å². The van der Waals surface area contributed by atoms with Crippen molar-refractivity contribution in [2.45, 2.75) is 39.2 Å². The smallest absolute Gasteiger partial charge is 0.225 e. The van der Waals surface area contributed by atoms with Crippen LogP contribution in [-0.4, -0.2) is 28.9 Å². The summed E-state index contributed by atoms with van der Waals surface area (Å²) in [5, 5.41) is 0.687. The van der Waals surface area contributed by atoms with Gasteiger partial charge in [0.05, 0.1) is 11.2 Å². The highest BCUT2D eigenvalue weighted by atomic mass is 19.1. The molecule has 2 aliphatic rings. The first-order valence-electron chi connectivity index (χ1n) is 11.8. The molecule has 0 bridgehead atoms. The number of pyridine rings is 1. The molecule has 1 aliphatic carbocycles. The van der Waals surface area contributed by atoms with Crippen LogP contribution in [0, 0.1) is 24.6 Å². The summed E-state index contributed by atoms with van der Waals surface area (Å²) in [6, 6.07) is 14.6. The average molecular weight is 445 g/mol. The number of ether oxygens (including phenoxy) is 1. The molecule has 0 unspecified atom stereocenters. The number of carbonyl (C=O) groups excluding carboxylic acids is 1. The summed E-state index contributed by atoms with van der Waals surface area (Å²) in [5.74, 6) is 1.43. The monoisotopic (exact) mass is 444 g/mol. The molecule has 5 rings (SSSR count). The Hall–Kier alpha value is -3.21. The van der Waals surface area contributed by atoms with Gasteiger partial charge in [-0.25, -0.2) is 9.37 Å². The highest BCUT2D eigenvalue weighted by molar-refractivity contribution is 5.88. The van der Waals surface area contributed by atoms with E-state index in [1.807, 2.05) is 42.2 Å². The fourth-order valence-electron chi connectivity index (χ4n) is 4.53. The van der Waals surface area contributed by atoms with Crippen LogP contribution in [0.3, 0.4) is 0 Å². The maximum absolute atomic E-state index is 14.0. The van der Waals surface area contributed by atoms with Gasteiger partial charge in [-0.2, -0.15) is 0 Å². The quantitative estimate of drug-likeness (QED) is 0.474. The first-order valence-corrected chi connectivity index (χ1v) is 11.8. The Kier molecular flexibility index (Phi) is 6.12. The van der Waals surface area contributed by atoms with Crippen molar-refractivity contribution in [3.8, 4) is 5.75 Å². The van der Waals surface area contributed by atoms with Crippen LogP contribution in [0.1, 0.15) is 42.5 Å². The second-order valence-electron chi connectivity index (χ2n) is 9.18. The summed E-state index contributed by atoms with van der Waals surface area (Å²) in [5.41, 5.74) is 3.52. The van der Waals surface area contributed by atoms with Gasteiger partial charge < -0.3 is 9.64 Å². The Morgan fingerprint density at radius 3 is 2.61 bits per heavy atom. The van der Waals surface area contributed by atoms with Crippen molar-refractivity contribution in [1.29, 1.82) is 0 Å². The van der Waals surface area contributed by atoms with E-state index in [0.717, 1.165) is 61.1 Å². The Labute approximate surface area is 194 Å². The maximum Gasteiger partial charge on any atom is 0.225 e. The molecule has 1 saturated heterocycles. The number of nitrogens with zero attached hydrogens (tertiary/aromatic N) is 2. The van der Waals surface area contributed by atoms with Crippen LogP contribution in [0.15, 0.2) is 54.6 Å². The molecule has 0 N–H and O–H groups in total. The van der Waals surface area contributed by atoms with E-state index in [4.69, 9.17) is 9.72 Å². The normalized spacial score (nSPS) is 17.1. The lowest BCUT2D eigenvalue weighted by Gasteiger charge is -2.30. The maximum atomic E-state index is 14.0. The molecule has 1 aromatic heterocycles. The zero-order valence-electron chi connectivity index (χ0n) is 19.0. The lowest BCUT2D eigenvalue weighted by Crippen LogP contribution is -2.38. The number of aromatic nitrogens is 1. The van der Waals surface area contributed by atoms with Gasteiger partial charge in [0, 0.05) is 30.0 Å². The second kappa shape index (κ2) is 9.34. The largest absolute Gasteiger partial charge is 0.488 e. The number of likely N-dealkylation sites (tertiary alicyclic amines) is 1. The zero-order valence-corrected chi connectivity index (χ0v) is 19.0. The van der Waals surface area contributed by atoms with E-state index >= 15 is 0 Å². The minimum absolute atomic E-state index is 0.292. The van der Waals surface area contributed by atoms with Crippen LogP contribution in [0.2, 0.25) is 0 Å². The van der Waals surface area contributed by atoms with Crippen LogP contribution in [0.25, 0.3) is 17.0 Å². The number of halogens is 1. The summed E-state index contributed by atoms with van der Waals surface area (Å²) in [6.07, 6.45) is 8.35. The molecule has 5 heteroatoms. The van der Waals surface area contributed by atoms with Gasteiger partial charge in [-0.05, 0) is 68.4 Å². The minimum Gasteiger partial charge on any atom is -0.488 e. The predicted octanol–water partition coefficient (Wildman–Crippen LogP) is 5.92. The van der Waals surface area contributed by atoms with Gasteiger partial charge in [0.1, 0.15) is 18.2 Å². The van der Waals surface area contributed by atoms with Crippen molar-refractivity contribution in [2.75, 3.05) is 13.1 Å². The molecule has 4 nitrogen and oxygen atoms in total. The number of rotatable bonds is 6. The van der Waals surface area contributed by atoms with Gasteiger partial charge in [0.15, 0.2) is 0 Å². The molecule has 2 fully saturated rings. The fourth-order valence-corrected chi connectivity index (χ4v) is 4.53. The first-order chi connectivity index (χ1) is 16.1. The van der Waals surface area contributed by atoms with Crippen LogP contribution in [-0.2, 0) is 11.4 Å². The van der Waals surface area contributed by atoms with E-state index in [2.05, 4.69) is 12.2 Å². The van der Waals surface area contributed by atoms with Gasteiger partial charge in [-0.1, -0.05) is 36.4 Å². The van der Waals surface area contributed by atoms with Crippen LogP contribution < -0.4 is 4.74 Å². The molecule has 33 heavy (non-hydrogen) atoms. The molecule has 0 atom stereocenters. The summed E-state index contributed by atoms with van der Waals surface area (Å²) in [6.45, 7) is 4.06. The molecule has 170 valence electrons. The van der Waals surface area contributed by atoms with E-state index < -0.39 is 0 Å². The SMILES string of the molecule is Cc1c(/C=C/C2CCN(C(=O)C3CC3)CC2)nc2ccc(F)cc2c1OCc1ccccc1. The molecule has 1 saturated carbocycles. The third kappa shape index (κ3) is 4.92. The highest BCUT2D eigenvalue weighted by Gasteiger charge is 2.34. The molecular formula is C28H29FN2O2. The second-order valence-corrected chi connectivity index (χ2v) is 9.18. The van der Waals surface area contributed by atoms with Gasteiger partial charge >= 0.3 is 0 Å². The van der Waals surface area contributed by atoms with Crippen molar-refractivity contribution in [2.24, 2.45) is 11.8 Å². The number of carbonyl (C=O) groups is 1. The molecule has 0 spiro atoms. The Bertz CT molecular complexity index is 1180. The number of fused-ring (bicyclic) bond motifs is 1. The van der Waals surface area contributed by atoms with Crippen molar-refractivity contribution in [3.63, 3.8) is 0 Å². The molecule has 1 aliphatic heterocycles. The third-order valence-corrected chi connectivity index (χ3v) is 6.70. The van der Waals surface area contributed by atoms with E-state index in [-0.39, 0.29) is 5.82 Å². The summed E-state index contributed by atoms with van der Waals surface area (Å²) in [4.78, 5) is 19.1. The standard InChI is InChI=1S/C28H29FN2O2/c1-19-25(11-7-20-13-15-31(16-14-20)28(32)22-8-9-22)30-26-12-10-23(29)17-24(26)27(19)33-18-21-5-3-2-4-6-21/h2-7,10-12,17,20,22H,8-9,13-16,18H2,1H3/b11-7+. The van der Waals surface area contributed by atoms with E-state index in [1.54, 1.807) is 6.07 Å².